The average Bonchev–Trinajstić information content (AvgIpc) is 2.83. The summed E-state index contributed by atoms with van der Waals surface area (Å²) in [5, 5.41) is 8.95. The molecular formula is C23H25N5O3. The molecule has 31 heavy (non-hydrogen) atoms. The van der Waals surface area contributed by atoms with Crippen LogP contribution in [0.4, 0.5) is 5.95 Å². The molecule has 0 unspecified atom stereocenters. The zero-order chi connectivity index (χ0) is 21.8. The van der Waals surface area contributed by atoms with E-state index in [-0.39, 0.29) is 11.8 Å². The van der Waals surface area contributed by atoms with Gasteiger partial charge in [0.05, 0.1) is 14.2 Å². The Hall–Kier alpha value is -3.68. The highest BCUT2D eigenvalue weighted by molar-refractivity contribution is 5.79. The third-order valence-electron chi connectivity index (χ3n) is 5.54. The van der Waals surface area contributed by atoms with E-state index in [1.165, 1.54) is 0 Å². The molecule has 1 aliphatic heterocycles. The van der Waals surface area contributed by atoms with E-state index in [1.807, 2.05) is 53.4 Å². The van der Waals surface area contributed by atoms with Gasteiger partial charge in [-0.2, -0.15) is 0 Å². The molecule has 2 heterocycles. The molecule has 0 aliphatic carbocycles. The van der Waals surface area contributed by atoms with Gasteiger partial charge >= 0.3 is 0 Å². The summed E-state index contributed by atoms with van der Waals surface area (Å²) in [5.41, 5.74) is 8.55. The molecule has 0 radical (unpaired) electrons. The first-order chi connectivity index (χ1) is 15.1. The van der Waals surface area contributed by atoms with Crippen LogP contribution in [-0.4, -0.2) is 48.4 Å². The van der Waals surface area contributed by atoms with Crippen molar-refractivity contribution < 1.29 is 14.3 Å². The topological polar surface area (TPSA) is 103 Å². The molecule has 1 aromatic heterocycles. The maximum Gasteiger partial charge on any atom is 0.245 e. The molecule has 8 heteroatoms. The van der Waals surface area contributed by atoms with Gasteiger partial charge in [-0.25, -0.2) is 4.98 Å². The quantitative estimate of drug-likeness (QED) is 0.655. The van der Waals surface area contributed by atoms with Crippen LogP contribution in [0.3, 0.4) is 0 Å². The van der Waals surface area contributed by atoms with Crippen molar-refractivity contribution >= 4 is 11.9 Å². The maximum atomic E-state index is 11.5. The summed E-state index contributed by atoms with van der Waals surface area (Å²) in [6, 6.07) is 15.4. The van der Waals surface area contributed by atoms with Crippen molar-refractivity contribution in [2.45, 2.75) is 12.8 Å². The van der Waals surface area contributed by atoms with Gasteiger partial charge in [0, 0.05) is 30.1 Å². The van der Waals surface area contributed by atoms with Crippen molar-refractivity contribution in [2.75, 3.05) is 32.2 Å². The number of methoxy groups -OCH3 is 2. The van der Waals surface area contributed by atoms with Gasteiger partial charge in [-0.1, -0.05) is 24.3 Å². The first-order valence-corrected chi connectivity index (χ1v) is 10.2. The van der Waals surface area contributed by atoms with E-state index >= 15 is 0 Å². The van der Waals surface area contributed by atoms with Crippen LogP contribution >= 0.6 is 0 Å². The normalized spacial score (nSPS) is 14.3. The number of nitrogens with zero attached hydrogens (tertiary/aromatic N) is 4. The van der Waals surface area contributed by atoms with Crippen molar-refractivity contribution in [1.29, 1.82) is 0 Å². The molecule has 4 rings (SSSR count). The summed E-state index contributed by atoms with van der Waals surface area (Å²) in [6.45, 7) is 1.32. The zero-order valence-corrected chi connectivity index (χ0v) is 17.6. The summed E-state index contributed by atoms with van der Waals surface area (Å²) in [7, 11) is 3.26. The van der Waals surface area contributed by atoms with Crippen molar-refractivity contribution in [1.82, 2.24) is 15.2 Å². The molecule has 0 atom stereocenters. The SMILES string of the molecule is COc1cccc(-c2nnc(N3CCC(C(N)=O)CC3)nc2-c2cccc(OC)c2)c1. The molecule has 160 valence electrons. The Morgan fingerprint density at radius 2 is 1.52 bits per heavy atom. The van der Waals surface area contributed by atoms with Crippen LogP contribution < -0.4 is 20.1 Å². The Labute approximate surface area is 181 Å². The van der Waals surface area contributed by atoms with Crippen molar-refractivity contribution in [3.8, 4) is 34.0 Å². The monoisotopic (exact) mass is 419 g/mol. The van der Waals surface area contributed by atoms with E-state index < -0.39 is 0 Å². The van der Waals surface area contributed by atoms with E-state index in [1.54, 1.807) is 14.2 Å². The Bertz CT molecular complexity index is 1080. The second-order valence-electron chi connectivity index (χ2n) is 7.44. The summed E-state index contributed by atoms with van der Waals surface area (Å²) in [4.78, 5) is 18.4. The Kier molecular flexibility index (Phi) is 5.97. The lowest BCUT2D eigenvalue weighted by Crippen LogP contribution is -2.39. The first kappa shape index (κ1) is 20.6. The number of aromatic nitrogens is 3. The Morgan fingerprint density at radius 3 is 2.06 bits per heavy atom. The lowest BCUT2D eigenvalue weighted by Gasteiger charge is -2.30. The lowest BCUT2D eigenvalue weighted by molar-refractivity contribution is -0.122. The number of amides is 1. The van der Waals surface area contributed by atoms with Crippen LogP contribution in [0.15, 0.2) is 48.5 Å². The van der Waals surface area contributed by atoms with Crippen LogP contribution in [-0.2, 0) is 4.79 Å². The summed E-state index contributed by atoms with van der Waals surface area (Å²) in [6.07, 6.45) is 1.37. The number of benzene rings is 2. The van der Waals surface area contributed by atoms with E-state index in [2.05, 4.69) is 10.2 Å². The van der Waals surface area contributed by atoms with Gasteiger partial charge in [0.25, 0.3) is 0 Å². The molecule has 0 saturated carbocycles. The van der Waals surface area contributed by atoms with E-state index in [0.717, 1.165) is 22.6 Å². The van der Waals surface area contributed by atoms with E-state index in [0.29, 0.717) is 43.3 Å². The number of carbonyl (C=O) groups is 1. The fourth-order valence-electron chi connectivity index (χ4n) is 3.75. The molecule has 0 spiro atoms. The number of primary amides is 1. The van der Waals surface area contributed by atoms with Crippen LogP contribution in [0.2, 0.25) is 0 Å². The number of anilines is 1. The minimum Gasteiger partial charge on any atom is -0.497 e. The van der Waals surface area contributed by atoms with Crippen LogP contribution in [0.1, 0.15) is 12.8 Å². The second-order valence-corrected chi connectivity index (χ2v) is 7.44. The molecule has 3 aromatic rings. The van der Waals surface area contributed by atoms with Gasteiger partial charge < -0.3 is 20.1 Å². The van der Waals surface area contributed by atoms with E-state index in [4.69, 9.17) is 20.2 Å². The molecule has 2 aromatic carbocycles. The number of carbonyl (C=O) groups excluding carboxylic acids is 1. The van der Waals surface area contributed by atoms with Crippen molar-refractivity contribution in [3.05, 3.63) is 48.5 Å². The molecular weight excluding hydrogens is 394 g/mol. The van der Waals surface area contributed by atoms with Gasteiger partial charge in [-0.05, 0) is 37.1 Å². The average molecular weight is 419 g/mol. The Balaban J connectivity index is 1.76. The van der Waals surface area contributed by atoms with Gasteiger partial charge in [0.2, 0.25) is 11.9 Å². The third-order valence-corrected chi connectivity index (χ3v) is 5.54. The molecule has 8 nitrogen and oxygen atoms in total. The van der Waals surface area contributed by atoms with Crippen LogP contribution in [0, 0.1) is 5.92 Å². The van der Waals surface area contributed by atoms with Gasteiger partial charge in [-0.3, -0.25) is 4.79 Å². The largest absolute Gasteiger partial charge is 0.497 e. The number of nitrogens with two attached hydrogens (primary N) is 1. The fourth-order valence-corrected chi connectivity index (χ4v) is 3.75. The van der Waals surface area contributed by atoms with Crippen molar-refractivity contribution in [2.24, 2.45) is 11.7 Å². The number of hydrogen-bond acceptors (Lipinski definition) is 7. The van der Waals surface area contributed by atoms with Gasteiger partial charge in [0.1, 0.15) is 22.9 Å². The predicted molar refractivity (Wildman–Crippen MR) is 118 cm³/mol. The Morgan fingerprint density at radius 1 is 0.935 bits per heavy atom. The maximum absolute atomic E-state index is 11.5. The van der Waals surface area contributed by atoms with Crippen molar-refractivity contribution in [3.63, 3.8) is 0 Å². The lowest BCUT2D eigenvalue weighted by atomic mass is 9.96. The number of piperidine rings is 1. The summed E-state index contributed by atoms with van der Waals surface area (Å²) >= 11 is 0. The minimum absolute atomic E-state index is 0.0990. The number of hydrogen-bond donors (Lipinski definition) is 1. The standard InChI is InChI=1S/C23H25N5O3/c1-30-18-7-3-5-16(13-18)20-21(17-6-4-8-19(14-17)31-2)26-27-23(25-20)28-11-9-15(10-12-28)22(24)29/h3-8,13-15H,9-12H2,1-2H3,(H2,24,29). The zero-order valence-electron chi connectivity index (χ0n) is 17.6. The highest BCUT2D eigenvalue weighted by Gasteiger charge is 2.26. The molecule has 1 fully saturated rings. The predicted octanol–water partition coefficient (Wildman–Crippen LogP) is 2.92. The smallest absolute Gasteiger partial charge is 0.245 e. The van der Waals surface area contributed by atoms with Gasteiger partial charge in [0.15, 0.2) is 0 Å². The van der Waals surface area contributed by atoms with Crippen LogP contribution in [0.25, 0.3) is 22.5 Å². The molecule has 1 amide bonds. The van der Waals surface area contributed by atoms with Crippen LogP contribution in [0.5, 0.6) is 11.5 Å². The van der Waals surface area contributed by atoms with E-state index in [9.17, 15) is 4.79 Å². The number of ether oxygens (including phenoxy) is 2. The fraction of sp³-hybridized carbons (Fsp3) is 0.304. The van der Waals surface area contributed by atoms with Gasteiger partial charge in [-0.15, -0.1) is 10.2 Å². The number of rotatable bonds is 6. The minimum atomic E-state index is -0.246. The highest BCUT2D eigenvalue weighted by atomic mass is 16.5. The molecule has 0 bridgehead atoms. The second kappa shape index (κ2) is 8.99. The third kappa shape index (κ3) is 4.42. The highest BCUT2D eigenvalue weighted by Crippen LogP contribution is 2.33. The molecule has 2 N–H and O–H groups in total. The molecule has 1 saturated heterocycles. The first-order valence-electron chi connectivity index (χ1n) is 10.2. The summed E-state index contributed by atoms with van der Waals surface area (Å²) < 4.78 is 10.8. The molecule has 1 aliphatic rings. The summed E-state index contributed by atoms with van der Waals surface area (Å²) in [5.74, 6) is 1.65.